The molecule has 0 saturated heterocycles. The number of aromatic nitrogens is 6. The maximum absolute atomic E-state index is 10.7. The van der Waals surface area contributed by atoms with E-state index in [9.17, 15) is 4.79 Å². The minimum atomic E-state index is -0.807. The quantitative estimate of drug-likeness (QED) is 0.724. The van der Waals surface area contributed by atoms with E-state index in [1.54, 1.807) is 12.5 Å². The zero-order valence-electron chi connectivity index (χ0n) is 12.3. The molecular weight excluding hydrogens is 298 g/mol. The molecule has 1 aliphatic rings. The van der Waals surface area contributed by atoms with Gasteiger partial charge in [-0.05, 0) is 6.07 Å². The van der Waals surface area contributed by atoms with E-state index >= 15 is 0 Å². The van der Waals surface area contributed by atoms with Crippen molar-refractivity contribution in [3.63, 3.8) is 0 Å². The van der Waals surface area contributed by atoms with E-state index < -0.39 is 5.97 Å². The van der Waals surface area contributed by atoms with Crippen molar-refractivity contribution in [3.8, 4) is 0 Å². The molecule has 0 aliphatic carbocycles. The average Bonchev–Trinajstić information content (AvgIpc) is 3.17. The van der Waals surface area contributed by atoms with Gasteiger partial charge in [-0.15, -0.1) is 0 Å². The number of imidazole rings is 1. The fourth-order valence-corrected chi connectivity index (χ4v) is 2.73. The number of anilines is 1. The molecule has 118 valence electrons. The van der Waals surface area contributed by atoms with Gasteiger partial charge in [0, 0.05) is 13.0 Å². The number of rotatable bonds is 4. The number of aryl methyl sites for hydroxylation is 1. The van der Waals surface area contributed by atoms with Gasteiger partial charge in [0.15, 0.2) is 5.65 Å². The van der Waals surface area contributed by atoms with Crippen LogP contribution in [0.2, 0.25) is 0 Å². The predicted molar refractivity (Wildman–Crippen MR) is 80.9 cm³/mol. The first-order valence-corrected chi connectivity index (χ1v) is 7.37. The number of hydrogen-bond acceptors (Lipinski definition) is 6. The van der Waals surface area contributed by atoms with Crippen LogP contribution in [-0.4, -0.2) is 47.3 Å². The fourth-order valence-electron chi connectivity index (χ4n) is 2.73. The first-order chi connectivity index (χ1) is 11.2. The maximum atomic E-state index is 10.7. The first kappa shape index (κ1) is 13.7. The van der Waals surface area contributed by atoms with Crippen molar-refractivity contribution in [2.75, 3.05) is 11.4 Å². The van der Waals surface area contributed by atoms with Crippen LogP contribution in [0.25, 0.3) is 11.2 Å². The lowest BCUT2D eigenvalue weighted by molar-refractivity contribution is -0.136. The maximum Gasteiger partial charge on any atom is 0.303 e. The summed E-state index contributed by atoms with van der Waals surface area (Å²) in [5, 5.41) is 13.2. The fraction of sp³-hybridized carbons (Fsp3) is 0.357. The summed E-state index contributed by atoms with van der Waals surface area (Å²) in [5.74, 6) is -0.164. The molecule has 3 aromatic heterocycles. The van der Waals surface area contributed by atoms with Gasteiger partial charge in [-0.3, -0.25) is 9.48 Å². The lowest BCUT2D eigenvalue weighted by Crippen LogP contribution is -2.34. The monoisotopic (exact) mass is 313 g/mol. The molecule has 3 aromatic rings. The molecule has 0 radical (unpaired) electrons. The highest BCUT2D eigenvalue weighted by atomic mass is 16.4. The van der Waals surface area contributed by atoms with Crippen LogP contribution in [0, 0.1) is 0 Å². The van der Waals surface area contributed by atoms with Gasteiger partial charge in [0.25, 0.3) is 0 Å². The van der Waals surface area contributed by atoms with Gasteiger partial charge < -0.3 is 15.0 Å². The zero-order valence-corrected chi connectivity index (χ0v) is 12.3. The summed E-state index contributed by atoms with van der Waals surface area (Å²) in [6.45, 7) is 2.13. The van der Waals surface area contributed by atoms with Crippen LogP contribution >= 0.6 is 0 Å². The Morgan fingerprint density at radius 3 is 3.13 bits per heavy atom. The molecule has 0 aromatic carbocycles. The Kier molecular flexibility index (Phi) is 3.18. The normalized spacial score (nSPS) is 14.2. The van der Waals surface area contributed by atoms with Crippen molar-refractivity contribution >= 4 is 23.1 Å². The Labute approximate surface area is 131 Å². The number of carboxylic acid groups (broad SMARTS) is 1. The highest BCUT2D eigenvalue weighted by Crippen LogP contribution is 2.19. The molecule has 2 N–H and O–H groups in total. The molecular formula is C14H15N7O2. The van der Waals surface area contributed by atoms with Crippen LogP contribution in [0.1, 0.15) is 17.8 Å². The van der Waals surface area contributed by atoms with Crippen molar-refractivity contribution in [1.82, 2.24) is 29.7 Å². The Morgan fingerprint density at radius 1 is 1.35 bits per heavy atom. The van der Waals surface area contributed by atoms with Crippen molar-refractivity contribution in [1.29, 1.82) is 0 Å². The van der Waals surface area contributed by atoms with Crippen molar-refractivity contribution < 1.29 is 9.90 Å². The standard InChI is InChI=1S/C14H15N7O2/c22-12(23)2-1-9-5-10-7-20(3-4-21(10)19-9)14-15-6-11-13(18-14)17-8-16-11/h5-6,8H,1-4,7H2,(H,22,23)(H,15,16,17,18). The van der Waals surface area contributed by atoms with Crippen LogP contribution in [-0.2, 0) is 24.3 Å². The van der Waals surface area contributed by atoms with Gasteiger partial charge in [0.2, 0.25) is 5.95 Å². The van der Waals surface area contributed by atoms with Gasteiger partial charge in [0.1, 0.15) is 5.52 Å². The largest absolute Gasteiger partial charge is 0.481 e. The van der Waals surface area contributed by atoms with Crippen LogP contribution in [0.5, 0.6) is 0 Å². The molecule has 1 aliphatic heterocycles. The minimum Gasteiger partial charge on any atom is -0.481 e. The van der Waals surface area contributed by atoms with E-state index in [-0.39, 0.29) is 6.42 Å². The number of hydrogen-bond donors (Lipinski definition) is 2. The first-order valence-electron chi connectivity index (χ1n) is 7.37. The van der Waals surface area contributed by atoms with Crippen LogP contribution in [0.4, 0.5) is 5.95 Å². The Balaban J connectivity index is 1.54. The minimum absolute atomic E-state index is 0.0963. The molecule has 0 unspecified atom stereocenters. The van der Waals surface area contributed by atoms with E-state index in [4.69, 9.17) is 5.11 Å². The molecule has 4 heterocycles. The smallest absolute Gasteiger partial charge is 0.303 e. The average molecular weight is 313 g/mol. The third-order valence-electron chi connectivity index (χ3n) is 3.89. The summed E-state index contributed by atoms with van der Waals surface area (Å²) in [6.07, 6.45) is 3.88. The van der Waals surface area contributed by atoms with E-state index in [1.807, 2.05) is 10.7 Å². The van der Waals surface area contributed by atoms with Gasteiger partial charge in [-0.2, -0.15) is 10.1 Å². The number of carbonyl (C=O) groups is 1. The third-order valence-corrected chi connectivity index (χ3v) is 3.89. The topological polar surface area (TPSA) is 113 Å². The molecule has 0 amide bonds. The number of nitrogens with one attached hydrogen (secondary N) is 1. The second kappa shape index (κ2) is 5.34. The van der Waals surface area contributed by atoms with Crippen LogP contribution < -0.4 is 4.90 Å². The van der Waals surface area contributed by atoms with Crippen molar-refractivity contribution in [3.05, 3.63) is 30.0 Å². The summed E-state index contributed by atoms with van der Waals surface area (Å²) in [5.41, 5.74) is 3.32. The molecule has 0 fully saturated rings. The number of fused-ring (bicyclic) bond motifs is 2. The highest BCUT2D eigenvalue weighted by Gasteiger charge is 2.21. The van der Waals surface area contributed by atoms with E-state index in [0.717, 1.165) is 30.0 Å². The number of H-pyrrole nitrogens is 1. The summed E-state index contributed by atoms with van der Waals surface area (Å²) in [7, 11) is 0. The van der Waals surface area contributed by atoms with E-state index in [0.29, 0.717) is 24.6 Å². The van der Waals surface area contributed by atoms with Crippen molar-refractivity contribution in [2.45, 2.75) is 25.9 Å². The molecule has 9 heteroatoms. The molecule has 0 bridgehead atoms. The highest BCUT2D eigenvalue weighted by molar-refractivity contribution is 5.70. The summed E-state index contributed by atoms with van der Waals surface area (Å²) in [4.78, 5) is 28.7. The molecule has 0 spiro atoms. The molecule has 9 nitrogen and oxygen atoms in total. The Hall–Kier alpha value is -2.97. The summed E-state index contributed by atoms with van der Waals surface area (Å²) < 4.78 is 1.93. The predicted octanol–water partition coefficient (Wildman–Crippen LogP) is 0.587. The number of carboxylic acids is 1. The van der Waals surface area contributed by atoms with Crippen LogP contribution in [0.3, 0.4) is 0 Å². The number of aliphatic carboxylic acids is 1. The number of aromatic amines is 1. The summed E-state index contributed by atoms with van der Waals surface area (Å²) >= 11 is 0. The SMILES string of the molecule is O=C(O)CCc1cc2n(n1)CCN(c1ncc3[nH]cnc3n1)C2. The molecule has 0 saturated carbocycles. The lowest BCUT2D eigenvalue weighted by Gasteiger charge is -2.27. The van der Waals surface area contributed by atoms with Crippen LogP contribution in [0.15, 0.2) is 18.6 Å². The summed E-state index contributed by atoms with van der Waals surface area (Å²) in [6, 6.07) is 1.96. The zero-order chi connectivity index (χ0) is 15.8. The van der Waals surface area contributed by atoms with Gasteiger partial charge in [-0.25, -0.2) is 9.97 Å². The second-order valence-corrected chi connectivity index (χ2v) is 5.48. The molecule has 4 rings (SSSR count). The van der Waals surface area contributed by atoms with E-state index in [1.165, 1.54) is 0 Å². The van der Waals surface area contributed by atoms with Crippen molar-refractivity contribution in [2.24, 2.45) is 0 Å². The molecule has 0 atom stereocenters. The Morgan fingerprint density at radius 2 is 2.26 bits per heavy atom. The van der Waals surface area contributed by atoms with Gasteiger partial charge >= 0.3 is 5.97 Å². The third kappa shape index (κ3) is 2.60. The Bertz CT molecular complexity index is 869. The molecule has 23 heavy (non-hydrogen) atoms. The van der Waals surface area contributed by atoms with E-state index in [2.05, 4.69) is 29.9 Å². The second-order valence-electron chi connectivity index (χ2n) is 5.48. The number of nitrogens with zero attached hydrogens (tertiary/aromatic N) is 6. The van der Waals surface area contributed by atoms with Gasteiger partial charge in [-0.1, -0.05) is 0 Å². The van der Waals surface area contributed by atoms with Gasteiger partial charge in [0.05, 0.1) is 43.4 Å². The lowest BCUT2D eigenvalue weighted by atomic mass is 10.2.